The standard InChI is InChI=1S/C90H128N24O18S/c1-10-12-30-70-83(126)103-61(29-21-35-96-90(93)94)79(122)109-69(78(121)99-45-74(92)117)48-133-49-76(119)102-65(38-53-23-15-14-16-24-53)86(129)111(7)52(5)77(120)105-67(41-73(91)116)88(131)114-36-22-32-71(114)84(127)104-63(40-56-44-95-50-100-56)81(124)106-64(37-51(3)4)85(128)110(6)46-75(118)101-62(34-33-54-42-97-59-27-19-17-25-57(54)59)80(123)108-68(47-115)82(125)107-66(39-55-43-98-60-28-20-18-26-58(55)60)87(130)113(9)72(31-13-11-2)89(132)112(70)8/h14-20,23-28,42-44,50-52,61-72,97-98,115H,10-13,21-22,29-41,45-49H2,1-9H3,(H2,91,116)(H2,92,117)(H,95,100)(H,99,121)(H,101,118)(H,102,119)(H,103,126)(H,104,127)(H,105,120)(H,106,124)(H,107,125)(H,108,123)(H,109,122)(H4,93,94,96)/t52-,61-,62-,63-,64-,65-,66-,67-,68-,69-,70-,71-,72-/m0/s1. The summed E-state index contributed by atoms with van der Waals surface area (Å²) in [7, 11) is 5.26. The van der Waals surface area contributed by atoms with Crippen LogP contribution < -0.4 is 75.7 Å². The lowest BCUT2D eigenvalue weighted by molar-refractivity contribution is -0.149. The Hall–Kier alpha value is -13.5. The Balaban J connectivity index is 1.18. The SMILES string of the molecule is CCCC[C@H]1C(=O)N(C)[C@@H](CCCC)C(=O)N[C@@H](CCCNC(=N)N)C(=O)N[C@H](C(=O)NCC(N)=O)CSCC(=O)N[C@@H](Cc2ccccc2)C(=O)N(C)[C@@H](C)C(=O)N[C@@H](CC(N)=O)C(=O)N2CCC[C@H]2C(=O)N[C@@H](Cc2cnc[nH]2)C(=O)N[C@@H](CC(C)C)C(=O)N(C)CC(=O)N[C@@H](CCc2c[nH]c3ccccc23)C(=O)N[C@@H](CO)C(=O)N[C@@H](Cc2c[nH]c3ccccc23)C(=O)N1C. The van der Waals surface area contributed by atoms with Gasteiger partial charge in [0.15, 0.2) is 5.96 Å². The van der Waals surface area contributed by atoms with Crippen molar-refractivity contribution < 1.29 is 86.6 Å². The number of thioether (sulfide) groups is 1. The van der Waals surface area contributed by atoms with Crippen LogP contribution in [0.1, 0.15) is 140 Å². The number of likely N-dealkylation sites (N-methyl/N-ethyl adjacent to an activating group) is 4. The fourth-order valence-corrected chi connectivity index (χ4v) is 16.8. The van der Waals surface area contributed by atoms with E-state index in [-0.39, 0.29) is 96.1 Å². The number of aliphatic hydroxyl groups is 1. The van der Waals surface area contributed by atoms with Gasteiger partial charge in [-0.2, -0.15) is 0 Å². The number of aromatic nitrogens is 4. The van der Waals surface area contributed by atoms with Gasteiger partial charge in [0.2, 0.25) is 100 Å². The summed E-state index contributed by atoms with van der Waals surface area (Å²) in [4.78, 5) is 267. The molecule has 13 atom stereocenters. The smallest absolute Gasteiger partial charge is 0.246 e. The molecule has 8 rings (SSSR count). The topological polar surface area (TPSA) is 621 Å². The highest BCUT2D eigenvalue weighted by atomic mass is 32.2. The number of unbranched alkanes of at least 4 members (excludes halogenated alkanes) is 2. The van der Waals surface area contributed by atoms with Crippen molar-refractivity contribution in [3.05, 3.63) is 126 Å². The summed E-state index contributed by atoms with van der Waals surface area (Å²) in [6.07, 6.45) is 6.39. The third kappa shape index (κ3) is 30.8. The number of hydrogen-bond acceptors (Lipinski definition) is 21. The molecular weight excluding hydrogens is 1740 g/mol. The maximum absolute atomic E-state index is 15.7. The molecule has 0 radical (unpaired) electrons. The number of nitrogens with zero attached hydrogens (tertiary/aromatic N) is 6. The third-order valence-electron chi connectivity index (χ3n) is 23.4. The third-order valence-corrected chi connectivity index (χ3v) is 24.5. The summed E-state index contributed by atoms with van der Waals surface area (Å²) in [5.41, 5.74) is 20.4. The first-order valence-electron chi connectivity index (χ1n) is 44.7. The molecule has 133 heavy (non-hydrogen) atoms. The quantitative estimate of drug-likeness (QED) is 0.0154. The first-order chi connectivity index (χ1) is 63.4. The molecule has 3 aromatic heterocycles. The Morgan fingerprint density at radius 1 is 0.541 bits per heavy atom. The van der Waals surface area contributed by atoms with Gasteiger partial charge < -0.3 is 120 Å². The molecule has 0 unspecified atom stereocenters. The molecule has 43 heteroatoms. The van der Waals surface area contributed by atoms with Crippen molar-refractivity contribution in [1.82, 2.24) is 103 Å². The number of carbonyl (C=O) groups excluding carboxylic acids is 17. The number of nitrogens with one attached hydrogen (secondary N) is 15. The molecule has 0 spiro atoms. The van der Waals surface area contributed by atoms with Crippen molar-refractivity contribution >= 4 is 140 Å². The van der Waals surface area contributed by atoms with Gasteiger partial charge in [0.1, 0.15) is 78.5 Å². The highest BCUT2D eigenvalue weighted by molar-refractivity contribution is 8.00. The maximum Gasteiger partial charge on any atom is 0.246 e. The van der Waals surface area contributed by atoms with Gasteiger partial charge >= 0.3 is 0 Å². The van der Waals surface area contributed by atoms with Gasteiger partial charge in [-0.15, -0.1) is 11.8 Å². The lowest BCUT2D eigenvalue weighted by atomic mass is 10.00. The van der Waals surface area contributed by atoms with Crippen LogP contribution in [0.3, 0.4) is 0 Å². The van der Waals surface area contributed by atoms with E-state index in [9.17, 15) is 62.6 Å². The number of H-pyrrole nitrogens is 3. The zero-order valence-corrected chi connectivity index (χ0v) is 77.4. The van der Waals surface area contributed by atoms with Crippen LogP contribution in [0, 0.1) is 11.3 Å². The monoisotopic (exact) mass is 1860 g/mol. The highest BCUT2D eigenvalue weighted by Gasteiger charge is 2.44. The molecule has 42 nitrogen and oxygen atoms in total. The van der Waals surface area contributed by atoms with Crippen molar-refractivity contribution in [3.63, 3.8) is 0 Å². The van der Waals surface area contributed by atoms with Crippen LogP contribution in [-0.2, 0) is 107 Å². The molecule has 22 N–H and O–H groups in total. The Labute approximate surface area is 775 Å². The van der Waals surface area contributed by atoms with E-state index in [1.807, 2.05) is 38.1 Å². The molecule has 2 fully saturated rings. The zero-order chi connectivity index (χ0) is 97.3. The van der Waals surface area contributed by atoms with Gasteiger partial charge in [-0.25, -0.2) is 4.98 Å². The van der Waals surface area contributed by atoms with Crippen LogP contribution >= 0.6 is 11.8 Å². The highest BCUT2D eigenvalue weighted by Crippen LogP contribution is 2.26. The second-order valence-corrected chi connectivity index (χ2v) is 35.0. The lowest BCUT2D eigenvalue weighted by Gasteiger charge is -2.36. The van der Waals surface area contributed by atoms with Crippen molar-refractivity contribution in [2.24, 2.45) is 23.1 Å². The van der Waals surface area contributed by atoms with Crippen LogP contribution in [0.25, 0.3) is 21.8 Å². The number of aliphatic hydroxyl groups excluding tert-OH is 1. The van der Waals surface area contributed by atoms with Crippen LogP contribution in [0.5, 0.6) is 0 Å². The largest absolute Gasteiger partial charge is 0.394 e. The molecule has 722 valence electrons. The number of carbonyl (C=O) groups is 17. The predicted molar refractivity (Wildman–Crippen MR) is 494 cm³/mol. The molecule has 6 aromatic rings. The Morgan fingerprint density at radius 3 is 1.73 bits per heavy atom. The van der Waals surface area contributed by atoms with Gasteiger partial charge in [-0.3, -0.25) is 86.9 Å². The van der Waals surface area contributed by atoms with Crippen molar-refractivity contribution in [3.8, 4) is 0 Å². The number of rotatable bonds is 27. The summed E-state index contributed by atoms with van der Waals surface area (Å²) in [5.74, 6) is -17.0. The van der Waals surface area contributed by atoms with E-state index in [2.05, 4.69) is 78.4 Å². The Bertz CT molecular complexity index is 5070. The van der Waals surface area contributed by atoms with Crippen LogP contribution in [0.15, 0.2) is 104 Å². The van der Waals surface area contributed by atoms with E-state index in [0.29, 0.717) is 53.4 Å². The average molecular weight is 1870 g/mol. The minimum absolute atomic E-state index is 0.00177. The molecule has 0 aliphatic carbocycles. The number of amides is 17. The molecule has 5 heterocycles. The first-order valence-corrected chi connectivity index (χ1v) is 45.9. The number of nitrogens with two attached hydrogens (primary N) is 3. The summed E-state index contributed by atoms with van der Waals surface area (Å²) in [6.45, 7) is 5.96. The fourth-order valence-electron chi connectivity index (χ4n) is 16.0. The maximum atomic E-state index is 15.7. The van der Waals surface area contributed by atoms with E-state index in [1.165, 1.54) is 47.6 Å². The van der Waals surface area contributed by atoms with Gasteiger partial charge in [-0.1, -0.05) is 120 Å². The summed E-state index contributed by atoms with van der Waals surface area (Å²) < 4.78 is 0. The molecule has 2 aliphatic rings. The lowest BCUT2D eigenvalue weighted by Crippen LogP contribution is -2.61. The minimum atomic E-state index is -1.84. The second kappa shape index (κ2) is 51.4. The summed E-state index contributed by atoms with van der Waals surface area (Å²) in [6, 6.07) is 3.26. The van der Waals surface area contributed by atoms with Gasteiger partial charge in [0.05, 0.1) is 38.2 Å². The summed E-state index contributed by atoms with van der Waals surface area (Å²) in [5, 5.41) is 49.6. The minimum Gasteiger partial charge on any atom is -0.394 e. The van der Waals surface area contributed by atoms with Gasteiger partial charge in [-0.05, 0) is 99.5 Å². The van der Waals surface area contributed by atoms with Gasteiger partial charge in [0, 0.05) is 112 Å². The van der Waals surface area contributed by atoms with E-state index < -0.39 is 223 Å². The van der Waals surface area contributed by atoms with E-state index in [1.54, 1.807) is 80.8 Å². The number of benzene rings is 3. The number of hydrogen-bond donors (Lipinski definition) is 19. The number of fused-ring (bicyclic) bond motifs is 3. The molecule has 3 aromatic carbocycles. The summed E-state index contributed by atoms with van der Waals surface area (Å²) >= 11 is 0.796. The number of primary amides is 2. The van der Waals surface area contributed by atoms with E-state index in [4.69, 9.17) is 22.6 Å². The molecule has 0 bridgehead atoms. The Morgan fingerprint density at radius 2 is 1.10 bits per heavy atom. The van der Waals surface area contributed by atoms with Gasteiger partial charge in [0.25, 0.3) is 0 Å². The molecule has 17 amide bonds. The molecule has 2 saturated heterocycles. The van der Waals surface area contributed by atoms with Crippen LogP contribution in [0.2, 0.25) is 0 Å². The molecule has 2 aliphatic heterocycles. The second-order valence-electron chi connectivity index (χ2n) is 34.0. The van der Waals surface area contributed by atoms with Crippen LogP contribution in [0.4, 0.5) is 0 Å². The fraction of sp³-hybridized carbons (Fsp3) is 0.522. The molecular formula is C90H128N24O18S. The number of para-hydroxylation sites is 2. The number of aromatic amines is 3. The average Bonchev–Trinajstić information content (AvgIpc) is 1.63. The first kappa shape index (κ1) is 105. The van der Waals surface area contributed by atoms with Crippen molar-refractivity contribution in [2.45, 2.75) is 222 Å². The van der Waals surface area contributed by atoms with E-state index >= 15 is 24.0 Å². The normalized spacial score (nSPS) is 23.4. The zero-order valence-electron chi connectivity index (χ0n) is 76.6. The number of guanidine groups is 1. The number of aryl methyl sites for hydroxylation is 1. The molecule has 0 saturated carbocycles. The van der Waals surface area contributed by atoms with Crippen LogP contribution in [-0.4, -0.2) is 307 Å². The van der Waals surface area contributed by atoms with Crippen molar-refractivity contribution in [2.75, 3.05) is 72.5 Å². The number of imidazole rings is 1. The van der Waals surface area contributed by atoms with E-state index in [0.717, 1.165) is 52.7 Å². The van der Waals surface area contributed by atoms with Crippen molar-refractivity contribution in [1.29, 1.82) is 5.41 Å². The predicted octanol–water partition coefficient (Wildman–Crippen LogP) is -1.75. The Kier molecular flexibility index (Phi) is 40.5.